The van der Waals surface area contributed by atoms with Crippen LogP contribution in [0.15, 0.2) is 24.3 Å². The average molecular weight is 234 g/mol. The van der Waals surface area contributed by atoms with Gasteiger partial charge in [-0.1, -0.05) is 12.1 Å². The monoisotopic (exact) mass is 234 g/mol. The minimum Gasteiger partial charge on any atom is -0.479 e. The van der Waals surface area contributed by atoms with Gasteiger partial charge in [0.2, 0.25) is 0 Å². The molecule has 90 valence electrons. The van der Waals surface area contributed by atoms with E-state index in [1.54, 1.807) is 0 Å². The first-order valence-electron chi connectivity index (χ1n) is 5.51. The summed E-state index contributed by atoms with van der Waals surface area (Å²) in [6.45, 7) is 0. The molecule has 1 aromatic heterocycles. The first kappa shape index (κ1) is 11.6. The molecular weight excluding hydrogens is 220 g/mol. The van der Waals surface area contributed by atoms with Crippen LogP contribution in [0.2, 0.25) is 0 Å². The maximum absolute atomic E-state index is 10.4. The van der Waals surface area contributed by atoms with E-state index < -0.39 is 12.1 Å². The maximum atomic E-state index is 10.4. The quantitative estimate of drug-likeness (QED) is 0.728. The Morgan fingerprint density at radius 2 is 2.18 bits per heavy atom. The summed E-state index contributed by atoms with van der Waals surface area (Å²) in [4.78, 5) is 17.9. The maximum Gasteiger partial charge on any atom is 0.332 e. The summed E-state index contributed by atoms with van der Waals surface area (Å²) in [5.74, 6) is -0.349. The van der Waals surface area contributed by atoms with Crippen molar-refractivity contribution < 1.29 is 15.0 Å². The van der Waals surface area contributed by atoms with Crippen LogP contribution in [0.3, 0.4) is 0 Å². The van der Waals surface area contributed by atoms with Gasteiger partial charge in [0.25, 0.3) is 0 Å². The topological polar surface area (TPSA) is 86.2 Å². The van der Waals surface area contributed by atoms with Crippen molar-refractivity contribution in [1.82, 2.24) is 9.97 Å². The molecule has 5 nitrogen and oxygen atoms in total. The Balaban J connectivity index is 1.93. The van der Waals surface area contributed by atoms with Gasteiger partial charge in [0.05, 0.1) is 11.0 Å². The Hall–Kier alpha value is -1.88. The molecule has 3 N–H and O–H groups in total. The number of carboxylic acid groups (broad SMARTS) is 1. The van der Waals surface area contributed by atoms with E-state index >= 15 is 0 Å². The van der Waals surface area contributed by atoms with Crippen LogP contribution in [-0.2, 0) is 11.2 Å². The molecule has 1 aromatic carbocycles. The van der Waals surface area contributed by atoms with E-state index in [1.165, 1.54) is 0 Å². The molecule has 2 rings (SSSR count). The highest BCUT2D eigenvalue weighted by Gasteiger charge is 2.12. The van der Waals surface area contributed by atoms with E-state index in [0.29, 0.717) is 12.8 Å². The number of para-hydroxylation sites is 2. The molecule has 0 aliphatic carbocycles. The lowest BCUT2D eigenvalue weighted by Crippen LogP contribution is -2.19. The molecule has 2 aromatic rings. The molecule has 0 bridgehead atoms. The van der Waals surface area contributed by atoms with Crippen LogP contribution in [0, 0.1) is 0 Å². The van der Waals surface area contributed by atoms with Crippen molar-refractivity contribution in [2.45, 2.75) is 25.4 Å². The van der Waals surface area contributed by atoms with Gasteiger partial charge in [0.1, 0.15) is 5.82 Å². The largest absolute Gasteiger partial charge is 0.479 e. The number of hydrogen-bond donors (Lipinski definition) is 3. The summed E-state index contributed by atoms with van der Waals surface area (Å²) in [6.07, 6.45) is 0.193. The summed E-state index contributed by atoms with van der Waals surface area (Å²) in [5.41, 5.74) is 1.88. The Kier molecular flexibility index (Phi) is 3.39. The van der Waals surface area contributed by atoms with Crippen molar-refractivity contribution >= 4 is 17.0 Å². The van der Waals surface area contributed by atoms with Crippen LogP contribution in [-0.4, -0.2) is 32.3 Å². The normalized spacial score (nSPS) is 12.8. The summed E-state index contributed by atoms with van der Waals surface area (Å²) in [6, 6.07) is 7.71. The number of aliphatic hydroxyl groups is 1. The number of aromatic amines is 1. The summed E-state index contributed by atoms with van der Waals surface area (Å²) < 4.78 is 0. The third-order valence-corrected chi connectivity index (χ3v) is 2.61. The predicted octanol–water partition coefficient (Wildman–Crippen LogP) is 1.33. The third-order valence-electron chi connectivity index (χ3n) is 2.61. The number of hydrogen-bond acceptors (Lipinski definition) is 3. The number of H-pyrrole nitrogens is 1. The molecule has 0 aliphatic heterocycles. The van der Waals surface area contributed by atoms with Gasteiger partial charge in [0, 0.05) is 6.42 Å². The van der Waals surface area contributed by atoms with Crippen LogP contribution in [0.4, 0.5) is 0 Å². The zero-order chi connectivity index (χ0) is 12.3. The molecule has 0 radical (unpaired) electrons. The number of benzene rings is 1. The van der Waals surface area contributed by atoms with E-state index in [9.17, 15) is 4.79 Å². The van der Waals surface area contributed by atoms with E-state index in [-0.39, 0.29) is 6.42 Å². The second-order valence-electron chi connectivity index (χ2n) is 3.95. The third kappa shape index (κ3) is 2.82. The molecule has 0 saturated carbocycles. The highest BCUT2D eigenvalue weighted by atomic mass is 16.4. The SMILES string of the molecule is O=C(O)C(O)CCCc1nc2ccccc2[nH]1. The number of aliphatic hydroxyl groups excluding tert-OH is 1. The highest BCUT2D eigenvalue weighted by Crippen LogP contribution is 2.12. The van der Waals surface area contributed by atoms with Crippen molar-refractivity contribution in [2.75, 3.05) is 0 Å². The number of imidazole rings is 1. The molecule has 1 heterocycles. The van der Waals surface area contributed by atoms with Crippen molar-refractivity contribution in [2.24, 2.45) is 0 Å². The molecule has 5 heteroatoms. The second-order valence-corrected chi connectivity index (χ2v) is 3.95. The van der Waals surface area contributed by atoms with Gasteiger partial charge in [-0.05, 0) is 25.0 Å². The molecule has 0 spiro atoms. The van der Waals surface area contributed by atoms with Crippen molar-refractivity contribution in [3.8, 4) is 0 Å². The molecule has 0 aliphatic rings. The van der Waals surface area contributed by atoms with Crippen LogP contribution < -0.4 is 0 Å². The van der Waals surface area contributed by atoms with Crippen molar-refractivity contribution in [3.63, 3.8) is 0 Å². The van der Waals surface area contributed by atoms with Gasteiger partial charge in [-0.3, -0.25) is 0 Å². The summed E-state index contributed by atoms with van der Waals surface area (Å²) in [5, 5.41) is 17.6. The first-order chi connectivity index (χ1) is 8.16. The lowest BCUT2D eigenvalue weighted by molar-refractivity contribution is -0.146. The van der Waals surface area contributed by atoms with Gasteiger partial charge in [0.15, 0.2) is 6.10 Å². The smallest absolute Gasteiger partial charge is 0.332 e. The fourth-order valence-electron chi connectivity index (χ4n) is 1.71. The lowest BCUT2D eigenvalue weighted by Gasteiger charge is -2.03. The summed E-state index contributed by atoms with van der Waals surface area (Å²) in [7, 11) is 0. The van der Waals surface area contributed by atoms with E-state index in [4.69, 9.17) is 10.2 Å². The number of aryl methyl sites for hydroxylation is 1. The number of rotatable bonds is 5. The summed E-state index contributed by atoms with van der Waals surface area (Å²) >= 11 is 0. The van der Waals surface area contributed by atoms with E-state index in [2.05, 4.69) is 9.97 Å². The van der Waals surface area contributed by atoms with Crippen LogP contribution in [0.25, 0.3) is 11.0 Å². The fourth-order valence-corrected chi connectivity index (χ4v) is 1.71. The molecule has 1 unspecified atom stereocenters. The fraction of sp³-hybridized carbons (Fsp3) is 0.333. The molecule has 0 fully saturated rings. The standard InChI is InChI=1S/C12H14N2O3/c15-10(12(16)17)6-3-7-11-13-8-4-1-2-5-9(8)14-11/h1-2,4-5,10,15H,3,6-7H2,(H,13,14)(H,16,17). The van der Waals surface area contributed by atoms with Crippen molar-refractivity contribution in [3.05, 3.63) is 30.1 Å². The van der Waals surface area contributed by atoms with Gasteiger partial charge in [-0.25, -0.2) is 9.78 Å². The van der Waals surface area contributed by atoms with Gasteiger partial charge in [-0.2, -0.15) is 0 Å². The molecule has 0 saturated heterocycles. The number of carboxylic acids is 1. The Labute approximate surface area is 98.1 Å². The number of aromatic nitrogens is 2. The number of carbonyl (C=O) groups is 1. The average Bonchev–Trinajstić information content (AvgIpc) is 2.71. The minimum absolute atomic E-state index is 0.242. The molecule has 1 atom stereocenters. The molecule has 17 heavy (non-hydrogen) atoms. The highest BCUT2D eigenvalue weighted by molar-refractivity contribution is 5.74. The van der Waals surface area contributed by atoms with Gasteiger partial charge >= 0.3 is 5.97 Å². The molecule has 0 amide bonds. The van der Waals surface area contributed by atoms with Gasteiger partial charge in [-0.15, -0.1) is 0 Å². The minimum atomic E-state index is -1.28. The van der Waals surface area contributed by atoms with Gasteiger partial charge < -0.3 is 15.2 Å². The van der Waals surface area contributed by atoms with Crippen molar-refractivity contribution in [1.29, 1.82) is 0 Å². The zero-order valence-electron chi connectivity index (χ0n) is 9.26. The Bertz CT molecular complexity index is 488. The number of nitrogens with one attached hydrogen (secondary N) is 1. The lowest BCUT2D eigenvalue weighted by atomic mass is 10.1. The number of aliphatic carboxylic acids is 1. The van der Waals surface area contributed by atoms with Crippen LogP contribution in [0.1, 0.15) is 18.7 Å². The van der Waals surface area contributed by atoms with Crippen LogP contribution >= 0.6 is 0 Å². The van der Waals surface area contributed by atoms with E-state index in [0.717, 1.165) is 16.9 Å². The van der Waals surface area contributed by atoms with Crippen LogP contribution in [0.5, 0.6) is 0 Å². The second kappa shape index (κ2) is 4.97. The Morgan fingerprint density at radius 1 is 1.41 bits per heavy atom. The number of nitrogens with zero attached hydrogens (tertiary/aromatic N) is 1. The predicted molar refractivity (Wildman–Crippen MR) is 62.7 cm³/mol. The molecular formula is C12H14N2O3. The number of fused-ring (bicyclic) bond motifs is 1. The van der Waals surface area contributed by atoms with E-state index in [1.807, 2.05) is 24.3 Å². The zero-order valence-corrected chi connectivity index (χ0v) is 9.26. The first-order valence-corrected chi connectivity index (χ1v) is 5.51. The Morgan fingerprint density at radius 3 is 2.88 bits per heavy atom.